The highest BCUT2D eigenvalue weighted by atomic mass is 127. The Morgan fingerprint density at radius 1 is 0.605 bits per heavy atom. The van der Waals surface area contributed by atoms with Crippen LogP contribution in [0.25, 0.3) is 0 Å². The summed E-state index contributed by atoms with van der Waals surface area (Å²) in [7, 11) is 0. The molecule has 0 saturated carbocycles. The van der Waals surface area contributed by atoms with Crippen molar-refractivity contribution < 1.29 is 31.0 Å². The number of phenols is 1. The molecule has 5 aromatic rings. The van der Waals surface area contributed by atoms with Gasteiger partial charge in [0.2, 0.25) is 3.57 Å². The molecule has 0 fully saturated rings. The van der Waals surface area contributed by atoms with E-state index in [-0.39, 0.29) is 21.2 Å². The molecular formula is C33H34IN2O2+. The number of hydrogen-bond donors (Lipinski definition) is 1. The van der Waals surface area contributed by atoms with Gasteiger partial charge in [-0.2, -0.15) is 0 Å². The number of aromatic nitrogens is 2. The third-order valence-electron chi connectivity index (χ3n) is 5.28. The van der Waals surface area contributed by atoms with Crippen LogP contribution in [0.15, 0.2) is 109 Å². The summed E-state index contributed by atoms with van der Waals surface area (Å²) >= 11 is -0.103. The fraction of sp³-hybridized carbons (Fsp3) is 0.152. The van der Waals surface area contributed by atoms with Gasteiger partial charge in [-0.1, -0.05) is 54.1 Å². The number of halogens is 1. The van der Waals surface area contributed by atoms with Crippen LogP contribution < -0.4 is 25.9 Å². The molecule has 194 valence electrons. The lowest BCUT2D eigenvalue weighted by atomic mass is 10.1. The Labute approximate surface area is 236 Å². The SMILES string of the molecule is Cc1cc(C)c([I+]c2ccc(C)nc2)c(C)c1.Cc1ccc(Oc2ccccc2)cn1.Oc1ccccc1. The van der Waals surface area contributed by atoms with Crippen LogP contribution in [0.2, 0.25) is 0 Å². The van der Waals surface area contributed by atoms with Crippen molar-refractivity contribution in [3.05, 3.63) is 145 Å². The standard InChI is InChI=1S/C15H17IN.C12H11NO.C6H6O/c1-10-7-11(2)15(12(3)8-10)16-14-6-5-13(4)17-9-14;1-10-7-8-12(9-13-10)14-11-5-3-2-4-6-11;7-6-4-2-1-3-5-6/h5-9H,1-4H3;2-9H,1H3;1-5,7H/q+1;;. The number of aromatic hydroxyl groups is 1. The van der Waals surface area contributed by atoms with Gasteiger partial charge in [0.25, 0.3) is 0 Å². The predicted octanol–water partition coefficient (Wildman–Crippen LogP) is 5.02. The molecule has 0 radical (unpaired) electrons. The van der Waals surface area contributed by atoms with Crippen molar-refractivity contribution in [3.63, 3.8) is 0 Å². The molecule has 2 heterocycles. The van der Waals surface area contributed by atoms with E-state index in [1.807, 2.05) is 68.6 Å². The normalized spacial score (nSPS) is 9.92. The van der Waals surface area contributed by atoms with Gasteiger partial charge in [0.05, 0.1) is 12.4 Å². The van der Waals surface area contributed by atoms with Crippen LogP contribution in [0, 0.1) is 41.8 Å². The number of phenolic OH excluding ortho intramolecular Hbond substituents is 1. The minimum atomic E-state index is -0.103. The Hall–Kier alpha value is -3.71. The Morgan fingerprint density at radius 3 is 1.63 bits per heavy atom. The Balaban J connectivity index is 0.000000171. The van der Waals surface area contributed by atoms with Gasteiger partial charge in [0.1, 0.15) is 17.2 Å². The molecule has 0 atom stereocenters. The first kappa shape index (κ1) is 28.9. The maximum Gasteiger partial charge on any atom is 0.360 e. The van der Waals surface area contributed by atoms with Gasteiger partial charge in [-0.25, -0.2) is 0 Å². The van der Waals surface area contributed by atoms with Crippen LogP contribution in [-0.4, -0.2) is 15.1 Å². The molecule has 0 amide bonds. The van der Waals surface area contributed by atoms with E-state index in [2.05, 4.69) is 55.0 Å². The summed E-state index contributed by atoms with van der Waals surface area (Å²) in [5, 5.41) is 8.63. The summed E-state index contributed by atoms with van der Waals surface area (Å²) < 4.78 is 8.51. The van der Waals surface area contributed by atoms with Crippen LogP contribution in [0.1, 0.15) is 28.1 Å². The van der Waals surface area contributed by atoms with Crippen molar-refractivity contribution >= 4 is 0 Å². The maximum atomic E-state index is 8.63. The zero-order valence-electron chi connectivity index (χ0n) is 22.5. The molecule has 0 saturated heterocycles. The van der Waals surface area contributed by atoms with Crippen LogP contribution in [0.3, 0.4) is 0 Å². The number of benzene rings is 3. The van der Waals surface area contributed by atoms with Crippen molar-refractivity contribution in [2.45, 2.75) is 34.6 Å². The monoisotopic (exact) mass is 617 g/mol. The molecule has 4 nitrogen and oxygen atoms in total. The molecule has 5 rings (SSSR count). The van der Waals surface area contributed by atoms with E-state index in [0.29, 0.717) is 5.75 Å². The largest absolute Gasteiger partial charge is 0.508 e. The second-order valence-corrected chi connectivity index (χ2v) is 11.7. The molecule has 0 unspecified atom stereocenters. The predicted molar refractivity (Wildman–Crippen MR) is 151 cm³/mol. The molecule has 0 aliphatic carbocycles. The summed E-state index contributed by atoms with van der Waals surface area (Å²) in [4.78, 5) is 8.53. The number of aryl methyl sites for hydroxylation is 5. The van der Waals surface area contributed by atoms with E-state index in [1.165, 1.54) is 20.3 Å². The highest BCUT2D eigenvalue weighted by molar-refractivity contribution is 5.29. The van der Waals surface area contributed by atoms with E-state index in [0.717, 1.165) is 22.9 Å². The van der Waals surface area contributed by atoms with E-state index < -0.39 is 0 Å². The molecule has 2 aromatic heterocycles. The fourth-order valence-corrected chi connectivity index (χ4v) is 5.92. The van der Waals surface area contributed by atoms with Crippen molar-refractivity contribution in [2.24, 2.45) is 0 Å². The summed E-state index contributed by atoms with van der Waals surface area (Å²) in [6.07, 6.45) is 3.75. The molecule has 0 bridgehead atoms. The van der Waals surface area contributed by atoms with Crippen molar-refractivity contribution in [1.82, 2.24) is 9.97 Å². The first-order chi connectivity index (χ1) is 18.3. The van der Waals surface area contributed by atoms with Crippen LogP contribution >= 0.6 is 0 Å². The smallest absolute Gasteiger partial charge is 0.360 e. The molecule has 5 heteroatoms. The summed E-state index contributed by atoms with van der Waals surface area (Å²) in [5.41, 5.74) is 6.29. The lowest BCUT2D eigenvalue weighted by Gasteiger charge is -2.04. The van der Waals surface area contributed by atoms with Gasteiger partial charge in [-0.3, -0.25) is 9.97 Å². The quantitative estimate of drug-likeness (QED) is 0.288. The van der Waals surface area contributed by atoms with Gasteiger partial charge in [-0.05, 0) is 83.1 Å². The van der Waals surface area contributed by atoms with Gasteiger partial charge in [0, 0.05) is 22.5 Å². The number of nitrogens with zero attached hydrogens (tertiary/aromatic N) is 2. The Bertz CT molecular complexity index is 1370. The van der Waals surface area contributed by atoms with Crippen molar-refractivity contribution in [2.75, 3.05) is 0 Å². The molecule has 0 spiro atoms. The van der Waals surface area contributed by atoms with E-state index in [1.54, 1.807) is 34.0 Å². The zero-order valence-corrected chi connectivity index (χ0v) is 24.7. The second-order valence-electron chi connectivity index (χ2n) is 8.81. The first-order valence-corrected chi connectivity index (χ1v) is 14.5. The minimum Gasteiger partial charge on any atom is -0.508 e. The molecule has 1 N–H and O–H groups in total. The average Bonchev–Trinajstić information content (AvgIpc) is 2.90. The molecular weight excluding hydrogens is 583 g/mol. The third kappa shape index (κ3) is 9.98. The zero-order chi connectivity index (χ0) is 27.3. The number of hydrogen-bond acceptors (Lipinski definition) is 4. The van der Waals surface area contributed by atoms with Crippen LogP contribution in [0.4, 0.5) is 0 Å². The van der Waals surface area contributed by atoms with Crippen molar-refractivity contribution in [1.29, 1.82) is 0 Å². The molecule has 3 aromatic carbocycles. The van der Waals surface area contributed by atoms with Crippen molar-refractivity contribution in [3.8, 4) is 17.2 Å². The highest BCUT2D eigenvalue weighted by Crippen LogP contribution is 2.19. The number of ether oxygens (including phenoxy) is 1. The van der Waals surface area contributed by atoms with E-state index in [9.17, 15) is 0 Å². The van der Waals surface area contributed by atoms with Crippen LogP contribution in [-0.2, 0) is 0 Å². The fourth-order valence-electron chi connectivity index (χ4n) is 3.49. The van der Waals surface area contributed by atoms with Gasteiger partial charge in [0.15, 0.2) is 3.57 Å². The lowest BCUT2D eigenvalue weighted by Crippen LogP contribution is -3.62. The van der Waals surface area contributed by atoms with Crippen LogP contribution in [0.5, 0.6) is 17.2 Å². The third-order valence-corrected chi connectivity index (χ3v) is 8.78. The summed E-state index contributed by atoms with van der Waals surface area (Å²) in [6, 6.07) is 31.1. The summed E-state index contributed by atoms with van der Waals surface area (Å²) in [5.74, 6) is 1.92. The first-order valence-electron chi connectivity index (χ1n) is 12.3. The second kappa shape index (κ2) is 14.9. The molecule has 0 aliphatic rings. The number of pyridine rings is 2. The number of rotatable bonds is 4. The Kier molecular flexibility index (Phi) is 11.3. The topological polar surface area (TPSA) is 55.2 Å². The van der Waals surface area contributed by atoms with E-state index >= 15 is 0 Å². The number of para-hydroxylation sites is 2. The van der Waals surface area contributed by atoms with Gasteiger partial charge in [-0.15, -0.1) is 0 Å². The van der Waals surface area contributed by atoms with Gasteiger partial charge < -0.3 is 9.84 Å². The maximum absolute atomic E-state index is 8.63. The Morgan fingerprint density at radius 2 is 1.16 bits per heavy atom. The average molecular weight is 618 g/mol. The molecule has 0 aliphatic heterocycles. The van der Waals surface area contributed by atoms with Gasteiger partial charge >= 0.3 is 21.2 Å². The lowest BCUT2D eigenvalue weighted by molar-refractivity contribution is -0.599. The summed E-state index contributed by atoms with van der Waals surface area (Å²) in [6.45, 7) is 10.6. The van der Waals surface area contributed by atoms with E-state index in [4.69, 9.17) is 9.84 Å². The molecule has 38 heavy (non-hydrogen) atoms. The minimum absolute atomic E-state index is 0.103. The highest BCUT2D eigenvalue weighted by Gasteiger charge is 2.21.